The molecule has 6 heteroatoms. The van der Waals surface area contributed by atoms with Gasteiger partial charge in [-0.3, -0.25) is 14.4 Å². The van der Waals surface area contributed by atoms with Gasteiger partial charge in [-0.05, 0) is 96.3 Å². The summed E-state index contributed by atoms with van der Waals surface area (Å²) in [5.74, 6) is -0.934. The minimum atomic E-state index is -0.791. The average molecular weight is 879 g/mol. The summed E-state index contributed by atoms with van der Waals surface area (Å²) in [4.78, 5) is 38.0. The van der Waals surface area contributed by atoms with Crippen LogP contribution in [0.1, 0.15) is 252 Å². The first-order valence-electron chi connectivity index (χ1n) is 26.4. The van der Waals surface area contributed by atoms with E-state index in [1.165, 1.54) is 103 Å². The van der Waals surface area contributed by atoms with Gasteiger partial charge in [0.1, 0.15) is 13.2 Å². The molecule has 0 N–H and O–H groups in total. The van der Waals surface area contributed by atoms with E-state index >= 15 is 0 Å². The first-order chi connectivity index (χ1) is 31.0. The molecule has 0 saturated carbocycles. The number of carbonyl (C=O) groups excluding carboxylic acids is 3. The van der Waals surface area contributed by atoms with Crippen molar-refractivity contribution in [2.24, 2.45) is 0 Å². The van der Waals surface area contributed by atoms with Gasteiger partial charge in [0.2, 0.25) is 0 Å². The van der Waals surface area contributed by atoms with Crippen molar-refractivity contribution in [2.75, 3.05) is 13.2 Å². The maximum atomic E-state index is 12.8. The quantitative estimate of drug-likeness (QED) is 0.0262. The van der Waals surface area contributed by atoms with Gasteiger partial charge < -0.3 is 14.2 Å². The lowest BCUT2D eigenvalue weighted by atomic mass is 10.1. The second-order valence-corrected chi connectivity index (χ2v) is 17.4. The molecule has 0 aliphatic heterocycles. The van der Waals surface area contributed by atoms with Gasteiger partial charge in [-0.25, -0.2) is 0 Å². The normalized spacial score (nSPS) is 12.6. The van der Waals surface area contributed by atoms with Crippen LogP contribution in [0.4, 0.5) is 0 Å². The fourth-order valence-corrected chi connectivity index (χ4v) is 7.16. The van der Waals surface area contributed by atoms with Crippen molar-refractivity contribution in [3.8, 4) is 0 Å². The second-order valence-electron chi connectivity index (χ2n) is 17.4. The standard InChI is InChI=1S/C57H98O6/c1-4-7-10-13-16-19-22-24-26-27-28-29-31-33-36-38-41-44-47-50-56(59)62-53-54(63-57(60)51-48-45-42-39-34-21-18-15-12-9-6-3)52-61-55(58)49-46-43-40-37-35-32-30-25-23-20-17-14-11-8-5-2/h16-17,19-20,24-26,28-30,33,36,54H,4-15,18,21-23,27,31-32,34-35,37-53H2,1-3H3/b19-16-,20-17-,26-24-,29-28-,30-25-,36-33-/t54-/m0/s1. The van der Waals surface area contributed by atoms with E-state index in [2.05, 4.69) is 93.7 Å². The van der Waals surface area contributed by atoms with Crippen LogP contribution in [0.25, 0.3) is 0 Å². The van der Waals surface area contributed by atoms with Crippen LogP contribution in [-0.4, -0.2) is 37.2 Å². The molecule has 0 saturated heterocycles. The molecule has 0 unspecified atom stereocenters. The summed E-state index contributed by atoms with van der Waals surface area (Å²) >= 11 is 0. The van der Waals surface area contributed by atoms with Gasteiger partial charge in [0.05, 0.1) is 0 Å². The fourth-order valence-electron chi connectivity index (χ4n) is 7.16. The monoisotopic (exact) mass is 879 g/mol. The molecule has 0 amide bonds. The highest BCUT2D eigenvalue weighted by atomic mass is 16.6. The summed E-state index contributed by atoms with van der Waals surface area (Å²) in [5.41, 5.74) is 0. The second kappa shape index (κ2) is 51.5. The average Bonchev–Trinajstić information content (AvgIpc) is 3.28. The predicted molar refractivity (Wildman–Crippen MR) is 270 cm³/mol. The van der Waals surface area contributed by atoms with Crippen LogP contribution in [-0.2, 0) is 28.6 Å². The van der Waals surface area contributed by atoms with Crippen LogP contribution < -0.4 is 0 Å². The number of hydrogen-bond donors (Lipinski definition) is 0. The van der Waals surface area contributed by atoms with Crippen LogP contribution in [0, 0.1) is 0 Å². The molecule has 362 valence electrons. The first-order valence-corrected chi connectivity index (χ1v) is 26.4. The number of hydrogen-bond acceptors (Lipinski definition) is 6. The topological polar surface area (TPSA) is 78.9 Å². The Morgan fingerprint density at radius 3 is 0.937 bits per heavy atom. The zero-order valence-corrected chi connectivity index (χ0v) is 41.3. The Hall–Kier alpha value is -3.15. The van der Waals surface area contributed by atoms with Crippen LogP contribution >= 0.6 is 0 Å². The van der Waals surface area contributed by atoms with Gasteiger partial charge in [0, 0.05) is 19.3 Å². The Bertz CT molecular complexity index is 1190. The number of ether oxygens (including phenoxy) is 3. The fraction of sp³-hybridized carbons (Fsp3) is 0.737. The van der Waals surface area contributed by atoms with Gasteiger partial charge >= 0.3 is 17.9 Å². The highest BCUT2D eigenvalue weighted by Gasteiger charge is 2.19. The summed E-state index contributed by atoms with van der Waals surface area (Å²) in [6.45, 7) is 6.54. The molecular weight excluding hydrogens is 781 g/mol. The van der Waals surface area contributed by atoms with Crippen molar-refractivity contribution < 1.29 is 28.6 Å². The lowest BCUT2D eigenvalue weighted by molar-refractivity contribution is -0.167. The summed E-state index contributed by atoms with van der Waals surface area (Å²) in [6.07, 6.45) is 64.5. The molecule has 0 aromatic carbocycles. The molecule has 0 spiro atoms. The molecule has 0 rings (SSSR count). The zero-order chi connectivity index (χ0) is 45.8. The minimum Gasteiger partial charge on any atom is -0.462 e. The third-order valence-electron chi connectivity index (χ3n) is 11.2. The van der Waals surface area contributed by atoms with Crippen LogP contribution in [0.3, 0.4) is 0 Å². The lowest BCUT2D eigenvalue weighted by Gasteiger charge is -2.18. The number of esters is 3. The zero-order valence-electron chi connectivity index (χ0n) is 41.3. The summed E-state index contributed by atoms with van der Waals surface area (Å²) in [5, 5.41) is 0. The van der Waals surface area contributed by atoms with E-state index in [0.717, 1.165) is 109 Å². The van der Waals surface area contributed by atoms with E-state index in [-0.39, 0.29) is 31.1 Å². The molecule has 0 aliphatic carbocycles. The van der Waals surface area contributed by atoms with Crippen molar-refractivity contribution in [1.29, 1.82) is 0 Å². The summed E-state index contributed by atoms with van der Waals surface area (Å²) < 4.78 is 16.8. The Morgan fingerprint density at radius 1 is 0.317 bits per heavy atom. The predicted octanol–water partition coefficient (Wildman–Crippen LogP) is 17.4. The van der Waals surface area contributed by atoms with Crippen LogP contribution in [0.2, 0.25) is 0 Å². The lowest BCUT2D eigenvalue weighted by Crippen LogP contribution is -2.30. The Kier molecular flexibility index (Phi) is 48.9. The Labute approximate surface area is 389 Å². The first kappa shape index (κ1) is 59.9. The molecule has 0 aliphatic rings. The molecule has 63 heavy (non-hydrogen) atoms. The van der Waals surface area contributed by atoms with Crippen molar-refractivity contribution in [3.63, 3.8) is 0 Å². The van der Waals surface area contributed by atoms with Gasteiger partial charge in [-0.2, -0.15) is 0 Å². The third kappa shape index (κ3) is 49.7. The molecule has 0 aromatic heterocycles. The van der Waals surface area contributed by atoms with Gasteiger partial charge in [-0.15, -0.1) is 0 Å². The van der Waals surface area contributed by atoms with E-state index in [1.54, 1.807) is 0 Å². The van der Waals surface area contributed by atoms with E-state index in [0.29, 0.717) is 19.3 Å². The Morgan fingerprint density at radius 2 is 0.571 bits per heavy atom. The van der Waals surface area contributed by atoms with Crippen LogP contribution in [0.5, 0.6) is 0 Å². The van der Waals surface area contributed by atoms with Gasteiger partial charge in [-0.1, -0.05) is 209 Å². The Balaban J connectivity index is 4.42. The third-order valence-corrected chi connectivity index (χ3v) is 11.2. The molecule has 0 radical (unpaired) electrons. The van der Waals surface area contributed by atoms with E-state index in [9.17, 15) is 14.4 Å². The maximum Gasteiger partial charge on any atom is 0.306 e. The SMILES string of the molecule is CCCCC/C=C\C/C=C\C/C=C\C/C=C\CCCCCC(=O)OC[C@H](COC(=O)CCCCCCC/C=C\C/C=C\CCCCC)OC(=O)CCCCCCCCCCCCC. The number of rotatable bonds is 47. The number of carbonyl (C=O) groups is 3. The molecular formula is C57H98O6. The van der Waals surface area contributed by atoms with Gasteiger partial charge in [0.15, 0.2) is 6.10 Å². The molecule has 0 fully saturated rings. The largest absolute Gasteiger partial charge is 0.462 e. The van der Waals surface area contributed by atoms with Crippen molar-refractivity contribution in [2.45, 2.75) is 258 Å². The summed E-state index contributed by atoms with van der Waals surface area (Å²) in [7, 11) is 0. The summed E-state index contributed by atoms with van der Waals surface area (Å²) in [6, 6.07) is 0. The van der Waals surface area contributed by atoms with Gasteiger partial charge in [0.25, 0.3) is 0 Å². The highest BCUT2D eigenvalue weighted by Crippen LogP contribution is 2.14. The maximum absolute atomic E-state index is 12.8. The molecule has 0 aromatic rings. The highest BCUT2D eigenvalue weighted by molar-refractivity contribution is 5.71. The smallest absolute Gasteiger partial charge is 0.306 e. The molecule has 1 atom stereocenters. The van der Waals surface area contributed by atoms with E-state index in [4.69, 9.17) is 14.2 Å². The molecule has 0 heterocycles. The van der Waals surface area contributed by atoms with Crippen molar-refractivity contribution >= 4 is 17.9 Å². The van der Waals surface area contributed by atoms with Crippen LogP contribution in [0.15, 0.2) is 72.9 Å². The van der Waals surface area contributed by atoms with E-state index in [1.807, 2.05) is 0 Å². The molecule has 6 nitrogen and oxygen atoms in total. The van der Waals surface area contributed by atoms with E-state index < -0.39 is 6.10 Å². The number of allylic oxidation sites excluding steroid dienone is 12. The molecule has 0 bridgehead atoms. The van der Waals surface area contributed by atoms with Crippen molar-refractivity contribution in [1.82, 2.24) is 0 Å². The van der Waals surface area contributed by atoms with Crippen molar-refractivity contribution in [3.05, 3.63) is 72.9 Å². The minimum absolute atomic E-state index is 0.0918. The number of unbranched alkanes of at least 4 members (excludes halogenated alkanes) is 24.